The van der Waals surface area contributed by atoms with Gasteiger partial charge < -0.3 is 10.2 Å². The molecule has 0 aromatic heterocycles. The molecule has 2 N–H and O–H groups in total. The van der Waals surface area contributed by atoms with Gasteiger partial charge in [-0.15, -0.1) is 0 Å². The summed E-state index contributed by atoms with van der Waals surface area (Å²) in [6.07, 6.45) is 15.5. The van der Waals surface area contributed by atoms with Gasteiger partial charge in [-0.05, 0) is 12.8 Å². The molecule has 0 unspecified atom stereocenters. The molecule has 0 radical (unpaired) electrons. The fourth-order valence-corrected chi connectivity index (χ4v) is 3.34. The van der Waals surface area contributed by atoms with Crippen molar-refractivity contribution < 1.29 is 19.8 Å². The van der Waals surface area contributed by atoms with Crippen molar-refractivity contribution in [2.24, 2.45) is 5.41 Å². The van der Waals surface area contributed by atoms with Gasteiger partial charge >= 0.3 is 11.9 Å². The van der Waals surface area contributed by atoms with E-state index in [-0.39, 0.29) is 12.8 Å². The van der Waals surface area contributed by atoms with E-state index in [1.165, 1.54) is 57.8 Å². The number of carboxylic acids is 2. The van der Waals surface area contributed by atoms with Crippen molar-refractivity contribution in [3.63, 3.8) is 0 Å². The van der Waals surface area contributed by atoms with Crippen LogP contribution in [0.2, 0.25) is 0 Å². The van der Waals surface area contributed by atoms with Crippen molar-refractivity contribution in [2.45, 2.75) is 110 Å². The summed E-state index contributed by atoms with van der Waals surface area (Å²) in [5.74, 6) is -2.36. The van der Waals surface area contributed by atoms with E-state index in [1.807, 2.05) is 6.92 Å². The Kier molecular flexibility index (Phi) is 13.7. The fourth-order valence-electron chi connectivity index (χ4n) is 3.34. The third kappa shape index (κ3) is 9.29. The monoisotopic (exact) mass is 342 g/mol. The summed E-state index contributed by atoms with van der Waals surface area (Å²) >= 11 is 0. The minimum atomic E-state index is -1.58. The third-order valence-corrected chi connectivity index (χ3v) is 4.95. The van der Waals surface area contributed by atoms with Gasteiger partial charge in [0.2, 0.25) is 0 Å². The number of rotatable bonds is 17. The van der Waals surface area contributed by atoms with Gasteiger partial charge in [0, 0.05) is 0 Å². The predicted octanol–water partition coefficient (Wildman–Crippen LogP) is 6.03. The summed E-state index contributed by atoms with van der Waals surface area (Å²) in [4.78, 5) is 22.8. The molecule has 0 saturated heterocycles. The lowest BCUT2D eigenvalue weighted by atomic mass is 9.78. The average Bonchev–Trinajstić information content (AvgIpc) is 2.54. The Morgan fingerprint density at radius 1 is 0.583 bits per heavy atom. The second-order valence-electron chi connectivity index (χ2n) is 7.08. The highest BCUT2D eigenvalue weighted by molar-refractivity contribution is 5.98. The zero-order valence-corrected chi connectivity index (χ0v) is 15.8. The van der Waals surface area contributed by atoms with E-state index in [9.17, 15) is 19.8 Å². The van der Waals surface area contributed by atoms with Crippen LogP contribution in [-0.2, 0) is 9.59 Å². The molecule has 0 aliphatic carbocycles. The second-order valence-corrected chi connectivity index (χ2v) is 7.08. The molecule has 0 spiro atoms. The molecule has 4 heteroatoms. The van der Waals surface area contributed by atoms with Gasteiger partial charge in [0.25, 0.3) is 0 Å². The van der Waals surface area contributed by atoms with Crippen LogP contribution in [0.5, 0.6) is 0 Å². The number of carbonyl (C=O) groups is 2. The molecule has 0 aliphatic heterocycles. The Morgan fingerprint density at radius 2 is 0.958 bits per heavy atom. The van der Waals surface area contributed by atoms with Crippen LogP contribution in [0.1, 0.15) is 110 Å². The van der Waals surface area contributed by atoms with E-state index in [2.05, 4.69) is 6.92 Å². The first-order valence-electron chi connectivity index (χ1n) is 9.98. The summed E-state index contributed by atoms with van der Waals surface area (Å²) in [6.45, 7) is 4.07. The van der Waals surface area contributed by atoms with E-state index in [4.69, 9.17) is 0 Å². The summed E-state index contributed by atoms with van der Waals surface area (Å²) in [5.41, 5.74) is -1.58. The molecule has 0 saturated carbocycles. The van der Waals surface area contributed by atoms with Gasteiger partial charge in [-0.3, -0.25) is 9.59 Å². The number of aliphatic carboxylic acids is 2. The Bertz CT molecular complexity index is 325. The van der Waals surface area contributed by atoms with Crippen LogP contribution >= 0.6 is 0 Å². The molecular formula is C20H38O4. The predicted molar refractivity (Wildman–Crippen MR) is 98.3 cm³/mol. The molecule has 0 amide bonds. The average molecular weight is 343 g/mol. The van der Waals surface area contributed by atoms with Gasteiger partial charge in [0.05, 0.1) is 0 Å². The van der Waals surface area contributed by atoms with Gasteiger partial charge in [-0.25, -0.2) is 0 Å². The van der Waals surface area contributed by atoms with Gasteiger partial charge in [-0.2, -0.15) is 0 Å². The number of carboxylic acid groups (broad SMARTS) is 2. The van der Waals surface area contributed by atoms with Gasteiger partial charge in [0.1, 0.15) is 0 Å². The first kappa shape index (κ1) is 22.9. The van der Waals surface area contributed by atoms with Crippen molar-refractivity contribution >= 4 is 11.9 Å². The first-order chi connectivity index (χ1) is 11.5. The Hall–Kier alpha value is -1.06. The lowest BCUT2D eigenvalue weighted by molar-refractivity contribution is -0.166. The zero-order valence-electron chi connectivity index (χ0n) is 15.8. The molecule has 0 aliphatic rings. The van der Waals surface area contributed by atoms with Crippen LogP contribution in [0.3, 0.4) is 0 Å². The highest BCUT2D eigenvalue weighted by atomic mass is 16.4. The smallest absolute Gasteiger partial charge is 0.321 e. The van der Waals surface area contributed by atoms with Crippen LogP contribution in [0.4, 0.5) is 0 Å². The molecule has 4 nitrogen and oxygen atoms in total. The maximum atomic E-state index is 11.4. The molecule has 0 aromatic rings. The molecule has 0 heterocycles. The second kappa shape index (κ2) is 14.3. The Morgan fingerprint density at radius 3 is 1.29 bits per heavy atom. The van der Waals surface area contributed by atoms with Crippen molar-refractivity contribution in [3.8, 4) is 0 Å². The molecule has 142 valence electrons. The van der Waals surface area contributed by atoms with E-state index in [0.29, 0.717) is 12.8 Å². The SMILES string of the molecule is CCCCCCCCCCCCCCC(CCC)(C(=O)O)C(=O)O. The van der Waals surface area contributed by atoms with Gasteiger partial charge in [-0.1, -0.05) is 97.3 Å². The number of hydrogen-bond acceptors (Lipinski definition) is 2. The molecule has 0 bridgehead atoms. The third-order valence-electron chi connectivity index (χ3n) is 4.95. The summed E-state index contributed by atoms with van der Waals surface area (Å²) in [7, 11) is 0. The topological polar surface area (TPSA) is 74.6 Å². The number of hydrogen-bond donors (Lipinski definition) is 2. The maximum Gasteiger partial charge on any atom is 0.321 e. The summed E-state index contributed by atoms with van der Waals surface area (Å²) in [5, 5.41) is 18.6. The molecule has 0 rings (SSSR count). The standard InChI is InChI=1S/C20H38O4/c1-3-5-6-7-8-9-10-11-12-13-14-15-17-20(16-4-2,18(21)22)19(23)24/h3-17H2,1-2H3,(H,21,22)(H,23,24). The normalized spacial score (nSPS) is 11.6. The minimum Gasteiger partial charge on any atom is -0.480 e. The molecule has 0 fully saturated rings. The Balaban J connectivity index is 3.73. The Labute approximate surface area is 148 Å². The van der Waals surface area contributed by atoms with Crippen molar-refractivity contribution in [1.82, 2.24) is 0 Å². The minimum absolute atomic E-state index is 0.218. The van der Waals surface area contributed by atoms with Crippen LogP contribution in [0, 0.1) is 5.41 Å². The largest absolute Gasteiger partial charge is 0.480 e. The van der Waals surface area contributed by atoms with Crippen LogP contribution in [0.15, 0.2) is 0 Å². The van der Waals surface area contributed by atoms with Crippen molar-refractivity contribution in [1.29, 1.82) is 0 Å². The quantitative estimate of drug-likeness (QED) is 0.250. The first-order valence-corrected chi connectivity index (χ1v) is 9.98. The summed E-state index contributed by atoms with van der Waals surface area (Å²) < 4.78 is 0. The van der Waals surface area contributed by atoms with E-state index in [0.717, 1.165) is 12.8 Å². The molecular weight excluding hydrogens is 304 g/mol. The fraction of sp³-hybridized carbons (Fsp3) is 0.900. The number of unbranched alkanes of at least 4 members (excludes halogenated alkanes) is 11. The van der Waals surface area contributed by atoms with Crippen LogP contribution in [0.25, 0.3) is 0 Å². The zero-order chi connectivity index (χ0) is 18.3. The molecule has 24 heavy (non-hydrogen) atoms. The lowest BCUT2D eigenvalue weighted by Gasteiger charge is -2.24. The molecule has 0 aromatic carbocycles. The van der Waals surface area contributed by atoms with Gasteiger partial charge in [0.15, 0.2) is 5.41 Å². The van der Waals surface area contributed by atoms with E-state index >= 15 is 0 Å². The van der Waals surface area contributed by atoms with Crippen LogP contribution < -0.4 is 0 Å². The van der Waals surface area contributed by atoms with Crippen molar-refractivity contribution in [3.05, 3.63) is 0 Å². The highest BCUT2D eigenvalue weighted by Crippen LogP contribution is 2.32. The van der Waals surface area contributed by atoms with E-state index < -0.39 is 17.4 Å². The maximum absolute atomic E-state index is 11.4. The van der Waals surface area contributed by atoms with Crippen molar-refractivity contribution in [2.75, 3.05) is 0 Å². The summed E-state index contributed by atoms with van der Waals surface area (Å²) in [6, 6.07) is 0. The molecule has 0 atom stereocenters. The van der Waals surface area contributed by atoms with Crippen LogP contribution in [-0.4, -0.2) is 22.2 Å². The van der Waals surface area contributed by atoms with E-state index in [1.54, 1.807) is 0 Å². The lowest BCUT2D eigenvalue weighted by Crippen LogP contribution is -2.39. The highest BCUT2D eigenvalue weighted by Gasteiger charge is 2.44.